The molecule has 146 valence electrons. The van der Waals surface area contributed by atoms with Crippen LogP contribution in [-0.4, -0.2) is 57.4 Å². The maximum atomic E-state index is 12.7. The van der Waals surface area contributed by atoms with Crippen LogP contribution in [0.5, 0.6) is 5.75 Å². The predicted octanol–water partition coefficient (Wildman–Crippen LogP) is 3.02. The second-order valence-electron chi connectivity index (χ2n) is 6.22. The SMILES string of the molecule is CCNC(=NCCOc1cccc(C(F)(F)F)c1)N(C)CC1CCOC1. The molecule has 0 aliphatic carbocycles. The van der Waals surface area contributed by atoms with Crippen LogP contribution in [0.2, 0.25) is 0 Å². The standard InChI is InChI=1S/C18H26F3N3O2/c1-3-22-17(24(2)12-14-7-9-25-13-14)23-8-10-26-16-6-4-5-15(11-16)18(19,20)21/h4-6,11,14H,3,7-10,12-13H2,1-2H3,(H,22,23). The molecule has 1 aromatic rings. The van der Waals surface area contributed by atoms with Crippen LogP contribution in [0.3, 0.4) is 0 Å². The van der Waals surface area contributed by atoms with E-state index in [0.717, 1.165) is 50.8 Å². The van der Waals surface area contributed by atoms with Crippen molar-refractivity contribution < 1.29 is 22.6 Å². The summed E-state index contributed by atoms with van der Waals surface area (Å²) in [5, 5.41) is 3.21. The Labute approximate surface area is 152 Å². The number of ether oxygens (including phenoxy) is 2. The number of aliphatic imine (C=N–C) groups is 1. The molecular weight excluding hydrogens is 347 g/mol. The topological polar surface area (TPSA) is 46.1 Å². The number of alkyl halides is 3. The summed E-state index contributed by atoms with van der Waals surface area (Å²) in [4.78, 5) is 6.53. The largest absolute Gasteiger partial charge is 0.492 e. The van der Waals surface area contributed by atoms with E-state index in [0.29, 0.717) is 12.5 Å². The van der Waals surface area contributed by atoms with Gasteiger partial charge in [0.25, 0.3) is 0 Å². The summed E-state index contributed by atoms with van der Waals surface area (Å²) in [6, 6.07) is 4.87. The van der Waals surface area contributed by atoms with Crippen molar-refractivity contribution in [1.29, 1.82) is 0 Å². The van der Waals surface area contributed by atoms with Crippen molar-refractivity contribution in [3.05, 3.63) is 29.8 Å². The molecule has 1 aliphatic heterocycles. The Bertz CT molecular complexity index is 587. The third-order valence-electron chi connectivity index (χ3n) is 4.04. The normalized spacial score (nSPS) is 18.0. The molecule has 0 bridgehead atoms. The molecule has 0 aromatic heterocycles. The molecule has 5 nitrogen and oxygen atoms in total. The van der Waals surface area contributed by atoms with E-state index >= 15 is 0 Å². The summed E-state index contributed by atoms with van der Waals surface area (Å²) < 4.78 is 48.9. The van der Waals surface area contributed by atoms with Crippen LogP contribution in [0.15, 0.2) is 29.3 Å². The summed E-state index contributed by atoms with van der Waals surface area (Å²) in [6.45, 7) is 5.69. The van der Waals surface area contributed by atoms with E-state index in [4.69, 9.17) is 9.47 Å². The van der Waals surface area contributed by atoms with Crippen molar-refractivity contribution in [1.82, 2.24) is 10.2 Å². The van der Waals surface area contributed by atoms with Gasteiger partial charge in [-0.3, -0.25) is 0 Å². The predicted molar refractivity (Wildman–Crippen MR) is 94.5 cm³/mol. The minimum atomic E-state index is -4.37. The van der Waals surface area contributed by atoms with Crippen molar-refractivity contribution in [2.45, 2.75) is 19.5 Å². The summed E-state index contributed by atoms with van der Waals surface area (Å²) in [6.07, 6.45) is -3.33. The first kappa shape index (κ1) is 20.4. The zero-order chi connectivity index (χ0) is 19.0. The lowest BCUT2D eigenvalue weighted by molar-refractivity contribution is -0.137. The Morgan fingerprint density at radius 2 is 2.23 bits per heavy atom. The number of hydrogen-bond donors (Lipinski definition) is 1. The number of benzene rings is 1. The second-order valence-corrected chi connectivity index (χ2v) is 6.22. The maximum Gasteiger partial charge on any atom is 0.416 e. The van der Waals surface area contributed by atoms with Crippen molar-refractivity contribution in [3.8, 4) is 5.75 Å². The molecule has 1 unspecified atom stereocenters. The van der Waals surface area contributed by atoms with Gasteiger partial charge in [0, 0.05) is 32.7 Å². The molecule has 1 N–H and O–H groups in total. The average Bonchev–Trinajstić information content (AvgIpc) is 3.10. The molecule has 1 saturated heterocycles. The fourth-order valence-electron chi connectivity index (χ4n) is 2.75. The van der Waals surface area contributed by atoms with Crippen molar-refractivity contribution in [2.24, 2.45) is 10.9 Å². The van der Waals surface area contributed by atoms with Gasteiger partial charge in [-0.2, -0.15) is 13.2 Å². The number of rotatable bonds is 7. The molecule has 1 aromatic carbocycles. The monoisotopic (exact) mass is 373 g/mol. The van der Waals surface area contributed by atoms with Gasteiger partial charge in [0.05, 0.1) is 18.7 Å². The van der Waals surface area contributed by atoms with Crippen LogP contribution in [0.25, 0.3) is 0 Å². The molecule has 26 heavy (non-hydrogen) atoms. The Morgan fingerprint density at radius 3 is 2.88 bits per heavy atom. The third kappa shape index (κ3) is 6.40. The van der Waals surface area contributed by atoms with E-state index in [1.807, 2.05) is 18.9 Å². The van der Waals surface area contributed by atoms with Crippen LogP contribution in [0, 0.1) is 5.92 Å². The highest BCUT2D eigenvalue weighted by atomic mass is 19.4. The molecule has 2 rings (SSSR count). The molecular formula is C18H26F3N3O2. The van der Waals surface area contributed by atoms with Crippen LogP contribution in [-0.2, 0) is 10.9 Å². The zero-order valence-corrected chi connectivity index (χ0v) is 15.2. The van der Waals surface area contributed by atoms with Crippen molar-refractivity contribution in [2.75, 3.05) is 46.5 Å². The number of guanidine groups is 1. The lowest BCUT2D eigenvalue weighted by Gasteiger charge is -2.24. The summed E-state index contributed by atoms with van der Waals surface area (Å²) >= 11 is 0. The third-order valence-corrected chi connectivity index (χ3v) is 4.04. The summed E-state index contributed by atoms with van der Waals surface area (Å²) in [7, 11) is 1.97. The van der Waals surface area contributed by atoms with E-state index < -0.39 is 11.7 Å². The average molecular weight is 373 g/mol. The molecule has 0 radical (unpaired) electrons. The van der Waals surface area contributed by atoms with Gasteiger partial charge in [0.15, 0.2) is 5.96 Å². The quantitative estimate of drug-likeness (QED) is 0.453. The Balaban J connectivity index is 1.85. The first-order chi connectivity index (χ1) is 12.4. The number of nitrogens with one attached hydrogen (secondary N) is 1. The number of nitrogens with zero attached hydrogens (tertiary/aromatic N) is 2. The molecule has 1 atom stereocenters. The van der Waals surface area contributed by atoms with Crippen LogP contribution in [0.4, 0.5) is 13.2 Å². The van der Waals surface area contributed by atoms with E-state index in [-0.39, 0.29) is 12.4 Å². The molecule has 0 saturated carbocycles. The highest BCUT2D eigenvalue weighted by molar-refractivity contribution is 5.79. The minimum absolute atomic E-state index is 0.191. The molecule has 1 fully saturated rings. The van der Waals surface area contributed by atoms with Gasteiger partial charge in [-0.05, 0) is 31.5 Å². The Morgan fingerprint density at radius 1 is 1.42 bits per heavy atom. The first-order valence-corrected chi connectivity index (χ1v) is 8.77. The van der Waals surface area contributed by atoms with E-state index in [1.54, 1.807) is 0 Å². The van der Waals surface area contributed by atoms with Gasteiger partial charge in [-0.15, -0.1) is 0 Å². The first-order valence-electron chi connectivity index (χ1n) is 8.77. The highest BCUT2D eigenvalue weighted by Gasteiger charge is 2.30. The minimum Gasteiger partial charge on any atom is -0.492 e. The number of halogens is 3. The molecule has 0 spiro atoms. The van der Waals surface area contributed by atoms with E-state index in [9.17, 15) is 13.2 Å². The summed E-state index contributed by atoms with van der Waals surface area (Å²) in [5.74, 6) is 1.44. The van der Waals surface area contributed by atoms with Gasteiger partial charge in [-0.25, -0.2) is 4.99 Å². The number of hydrogen-bond acceptors (Lipinski definition) is 3. The van der Waals surface area contributed by atoms with Gasteiger partial charge in [0.1, 0.15) is 12.4 Å². The molecule has 1 heterocycles. The van der Waals surface area contributed by atoms with Gasteiger partial charge in [-0.1, -0.05) is 6.07 Å². The van der Waals surface area contributed by atoms with Crippen LogP contribution >= 0.6 is 0 Å². The van der Waals surface area contributed by atoms with E-state index in [2.05, 4.69) is 10.3 Å². The maximum absolute atomic E-state index is 12.7. The molecule has 8 heteroatoms. The zero-order valence-electron chi connectivity index (χ0n) is 15.2. The van der Waals surface area contributed by atoms with Gasteiger partial charge >= 0.3 is 6.18 Å². The molecule has 1 aliphatic rings. The highest BCUT2D eigenvalue weighted by Crippen LogP contribution is 2.31. The lowest BCUT2D eigenvalue weighted by Crippen LogP contribution is -2.41. The van der Waals surface area contributed by atoms with Gasteiger partial charge in [0.2, 0.25) is 0 Å². The van der Waals surface area contributed by atoms with Crippen molar-refractivity contribution in [3.63, 3.8) is 0 Å². The van der Waals surface area contributed by atoms with Crippen LogP contribution < -0.4 is 10.1 Å². The smallest absolute Gasteiger partial charge is 0.416 e. The Kier molecular flexibility index (Phi) is 7.56. The summed E-state index contributed by atoms with van der Waals surface area (Å²) in [5.41, 5.74) is -0.717. The molecule has 0 amide bonds. The fourth-order valence-corrected chi connectivity index (χ4v) is 2.75. The van der Waals surface area contributed by atoms with E-state index in [1.165, 1.54) is 12.1 Å². The van der Waals surface area contributed by atoms with Crippen molar-refractivity contribution >= 4 is 5.96 Å². The van der Waals surface area contributed by atoms with Crippen LogP contribution in [0.1, 0.15) is 18.9 Å². The lowest BCUT2D eigenvalue weighted by atomic mass is 10.1. The Hall–Kier alpha value is -1.96. The van der Waals surface area contributed by atoms with Gasteiger partial charge < -0.3 is 19.7 Å². The second kappa shape index (κ2) is 9.66. The fraction of sp³-hybridized carbons (Fsp3) is 0.611.